The third kappa shape index (κ3) is 1.86. The van der Waals surface area contributed by atoms with E-state index in [1.54, 1.807) is 0 Å². The summed E-state index contributed by atoms with van der Waals surface area (Å²) in [5, 5.41) is 0. The summed E-state index contributed by atoms with van der Waals surface area (Å²) in [6.07, 6.45) is 1.20. The Labute approximate surface area is 70.5 Å². The first kappa shape index (κ1) is 7.84. The van der Waals surface area contributed by atoms with Gasteiger partial charge in [-0.3, -0.25) is 0 Å². The molecule has 0 amide bonds. The van der Waals surface area contributed by atoms with Crippen molar-refractivity contribution in [3.05, 3.63) is 35.9 Å². The molecule has 0 spiro atoms. The van der Waals surface area contributed by atoms with Gasteiger partial charge in [0, 0.05) is 0 Å². The standard InChI is InChI=1S/C9H12Se/c1-2-9(10)8-6-4-3-5-7-8/h3-7,9-10H,2H2,1H3. The summed E-state index contributed by atoms with van der Waals surface area (Å²) in [7, 11) is 0. The van der Waals surface area contributed by atoms with Gasteiger partial charge in [0.05, 0.1) is 0 Å². The molecule has 0 nitrogen and oxygen atoms in total. The second kappa shape index (κ2) is 3.80. The molecule has 0 N–H and O–H groups in total. The summed E-state index contributed by atoms with van der Waals surface area (Å²) in [4.78, 5) is 0.647. The summed E-state index contributed by atoms with van der Waals surface area (Å²) < 4.78 is 0. The van der Waals surface area contributed by atoms with E-state index in [1.165, 1.54) is 12.0 Å². The van der Waals surface area contributed by atoms with Crippen LogP contribution in [0.3, 0.4) is 0 Å². The van der Waals surface area contributed by atoms with Crippen LogP contribution in [0.5, 0.6) is 0 Å². The van der Waals surface area contributed by atoms with Gasteiger partial charge in [-0.15, -0.1) is 0 Å². The molecule has 1 unspecified atom stereocenters. The van der Waals surface area contributed by atoms with Crippen LogP contribution in [-0.4, -0.2) is 16.0 Å². The Kier molecular flexibility index (Phi) is 2.98. The minimum absolute atomic E-state index is 0.647. The van der Waals surface area contributed by atoms with Gasteiger partial charge in [0.25, 0.3) is 0 Å². The summed E-state index contributed by atoms with van der Waals surface area (Å²) in [6, 6.07) is 10.6. The predicted molar refractivity (Wildman–Crippen MR) is 46.6 cm³/mol. The molecule has 10 heavy (non-hydrogen) atoms. The van der Waals surface area contributed by atoms with Gasteiger partial charge in [-0.25, -0.2) is 0 Å². The quantitative estimate of drug-likeness (QED) is 0.639. The van der Waals surface area contributed by atoms with Crippen LogP contribution >= 0.6 is 0 Å². The average Bonchev–Trinajstić information content (AvgIpc) is 2.05. The van der Waals surface area contributed by atoms with Gasteiger partial charge < -0.3 is 0 Å². The van der Waals surface area contributed by atoms with Crippen molar-refractivity contribution >= 4 is 16.0 Å². The van der Waals surface area contributed by atoms with Crippen LogP contribution in [0.1, 0.15) is 23.7 Å². The van der Waals surface area contributed by atoms with Crippen LogP contribution in [0.2, 0.25) is 0 Å². The maximum atomic E-state index is 2.70. The number of benzene rings is 1. The van der Waals surface area contributed by atoms with E-state index < -0.39 is 0 Å². The Morgan fingerprint density at radius 1 is 1.30 bits per heavy atom. The average molecular weight is 199 g/mol. The summed E-state index contributed by atoms with van der Waals surface area (Å²) >= 11 is 2.70. The Hall–Kier alpha value is -0.261. The SMILES string of the molecule is CCC([SeH])c1ccccc1. The molecule has 1 aromatic carbocycles. The molecular weight excluding hydrogens is 187 g/mol. The molecule has 1 rings (SSSR count). The van der Waals surface area contributed by atoms with Crippen LogP contribution in [0, 0.1) is 0 Å². The summed E-state index contributed by atoms with van der Waals surface area (Å²) in [5.74, 6) is 0. The molecule has 0 aromatic heterocycles. The van der Waals surface area contributed by atoms with E-state index in [4.69, 9.17) is 0 Å². The van der Waals surface area contributed by atoms with Crippen LogP contribution in [0.25, 0.3) is 0 Å². The van der Waals surface area contributed by atoms with Crippen molar-refractivity contribution in [1.82, 2.24) is 0 Å². The molecular formula is C9H12Se. The zero-order valence-corrected chi connectivity index (χ0v) is 7.99. The normalized spacial score (nSPS) is 13.0. The van der Waals surface area contributed by atoms with E-state index in [-0.39, 0.29) is 0 Å². The third-order valence-electron chi connectivity index (χ3n) is 1.57. The second-order valence-electron chi connectivity index (χ2n) is 2.33. The molecule has 0 heterocycles. The molecule has 0 fully saturated rings. The van der Waals surface area contributed by atoms with E-state index in [2.05, 4.69) is 53.3 Å². The summed E-state index contributed by atoms with van der Waals surface area (Å²) in [6.45, 7) is 2.20. The first-order chi connectivity index (χ1) is 4.84. The minimum atomic E-state index is 0.647. The molecule has 0 saturated heterocycles. The van der Waals surface area contributed by atoms with Crippen molar-refractivity contribution in [1.29, 1.82) is 0 Å². The second-order valence-corrected chi connectivity index (χ2v) is 3.64. The van der Waals surface area contributed by atoms with Gasteiger partial charge in [0.2, 0.25) is 0 Å². The molecule has 0 aliphatic rings. The molecule has 0 aliphatic carbocycles. The van der Waals surface area contributed by atoms with E-state index in [0.29, 0.717) is 4.82 Å². The predicted octanol–water partition coefficient (Wildman–Crippen LogP) is 2.04. The van der Waals surface area contributed by atoms with Crippen molar-refractivity contribution in [2.45, 2.75) is 18.2 Å². The van der Waals surface area contributed by atoms with Gasteiger partial charge >= 0.3 is 70.1 Å². The molecule has 1 aromatic rings. The zero-order chi connectivity index (χ0) is 7.40. The van der Waals surface area contributed by atoms with E-state index >= 15 is 0 Å². The number of hydrogen-bond acceptors (Lipinski definition) is 0. The molecule has 1 atom stereocenters. The number of rotatable bonds is 2. The van der Waals surface area contributed by atoms with Gasteiger partial charge in [0.1, 0.15) is 0 Å². The molecule has 0 radical (unpaired) electrons. The Balaban J connectivity index is 2.75. The van der Waals surface area contributed by atoms with E-state index in [0.717, 1.165) is 0 Å². The zero-order valence-electron chi connectivity index (χ0n) is 6.12. The van der Waals surface area contributed by atoms with Crippen molar-refractivity contribution in [3.8, 4) is 0 Å². The Bertz CT molecular complexity index is 181. The molecule has 54 valence electrons. The van der Waals surface area contributed by atoms with Crippen molar-refractivity contribution in [3.63, 3.8) is 0 Å². The van der Waals surface area contributed by atoms with Gasteiger partial charge in [-0.1, -0.05) is 0 Å². The van der Waals surface area contributed by atoms with Crippen molar-refractivity contribution in [2.24, 2.45) is 0 Å². The topological polar surface area (TPSA) is 0 Å². The fourth-order valence-electron chi connectivity index (χ4n) is 0.911. The van der Waals surface area contributed by atoms with Crippen LogP contribution < -0.4 is 0 Å². The first-order valence-electron chi connectivity index (χ1n) is 3.57. The van der Waals surface area contributed by atoms with Gasteiger partial charge in [-0.2, -0.15) is 0 Å². The van der Waals surface area contributed by atoms with Crippen molar-refractivity contribution in [2.75, 3.05) is 0 Å². The third-order valence-corrected chi connectivity index (χ3v) is 2.96. The fourth-order valence-corrected chi connectivity index (χ4v) is 1.27. The van der Waals surface area contributed by atoms with E-state index in [1.807, 2.05) is 0 Å². The van der Waals surface area contributed by atoms with Crippen molar-refractivity contribution < 1.29 is 0 Å². The maximum absolute atomic E-state index is 2.70. The summed E-state index contributed by atoms with van der Waals surface area (Å²) in [5.41, 5.74) is 1.42. The molecule has 1 heteroatoms. The van der Waals surface area contributed by atoms with Crippen LogP contribution in [-0.2, 0) is 0 Å². The monoisotopic (exact) mass is 200 g/mol. The van der Waals surface area contributed by atoms with Gasteiger partial charge in [0.15, 0.2) is 0 Å². The van der Waals surface area contributed by atoms with Crippen LogP contribution in [0.4, 0.5) is 0 Å². The Morgan fingerprint density at radius 3 is 2.40 bits per heavy atom. The molecule has 0 bridgehead atoms. The van der Waals surface area contributed by atoms with Gasteiger partial charge in [-0.05, 0) is 0 Å². The Morgan fingerprint density at radius 2 is 1.90 bits per heavy atom. The molecule has 0 aliphatic heterocycles. The molecule has 0 saturated carbocycles. The first-order valence-corrected chi connectivity index (χ1v) is 4.66. The number of hydrogen-bond donors (Lipinski definition) is 0. The van der Waals surface area contributed by atoms with Crippen LogP contribution in [0.15, 0.2) is 30.3 Å². The fraction of sp³-hybridized carbons (Fsp3) is 0.333. The van der Waals surface area contributed by atoms with E-state index in [9.17, 15) is 0 Å².